The van der Waals surface area contributed by atoms with Crippen molar-refractivity contribution in [2.75, 3.05) is 30.3 Å². The SMILES string of the molecule is CC(C)(C)OC(=O)N1CCC(n2cc(N3CC(CS(N)(=O)=O)CC3=O)cn2)CC1. The second kappa shape index (κ2) is 7.94. The first-order valence-electron chi connectivity index (χ1n) is 9.74. The molecule has 29 heavy (non-hydrogen) atoms. The van der Waals surface area contributed by atoms with Crippen LogP contribution < -0.4 is 10.0 Å². The van der Waals surface area contributed by atoms with Gasteiger partial charge in [-0.3, -0.25) is 9.48 Å². The lowest BCUT2D eigenvalue weighted by atomic mass is 10.1. The summed E-state index contributed by atoms with van der Waals surface area (Å²) in [6.45, 7) is 7.00. The molecule has 1 aromatic heterocycles. The van der Waals surface area contributed by atoms with Gasteiger partial charge in [-0.25, -0.2) is 18.4 Å². The van der Waals surface area contributed by atoms with Gasteiger partial charge >= 0.3 is 6.09 Å². The molecule has 2 N–H and O–H groups in total. The Hall–Kier alpha value is -2.14. The van der Waals surface area contributed by atoms with Crippen LogP contribution in [0.25, 0.3) is 0 Å². The highest BCUT2D eigenvalue weighted by molar-refractivity contribution is 7.89. The number of anilines is 1. The van der Waals surface area contributed by atoms with Crippen molar-refractivity contribution in [3.05, 3.63) is 12.4 Å². The zero-order valence-electron chi connectivity index (χ0n) is 17.1. The van der Waals surface area contributed by atoms with Crippen LogP contribution in [0.2, 0.25) is 0 Å². The topological polar surface area (TPSA) is 128 Å². The smallest absolute Gasteiger partial charge is 0.410 e. The fourth-order valence-corrected chi connectivity index (χ4v) is 4.66. The van der Waals surface area contributed by atoms with Crippen LogP contribution in [0.1, 0.15) is 46.1 Å². The number of carbonyl (C=O) groups excluding carboxylic acids is 2. The van der Waals surface area contributed by atoms with Crippen molar-refractivity contribution in [1.29, 1.82) is 0 Å². The predicted molar refractivity (Wildman–Crippen MR) is 107 cm³/mol. The van der Waals surface area contributed by atoms with Gasteiger partial charge in [0, 0.05) is 38.2 Å². The van der Waals surface area contributed by atoms with Crippen LogP contribution in [-0.2, 0) is 19.6 Å². The molecular weight excluding hydrogens is 398 g/mol. The van der Waals surface area contributed by atoms with Crippen LogP contribution in [0.3, 0.4) is 0 Å². The number of hydrogen-bond acceptors (Lipinski definition) is 6. The first-order valence-corrected chi connectivity index (χ1v) is 11.5. The zero-order valence-corrected chi connectivity index (χ0v) is 17.9. The fraction of sp³-hybridized carbons (Fsp3) is 0.722. The zero-order chi connectivity index (χ0) is 21.4. The van der Waals surface area contributed by atoms with Gasteiger partial charge in [0.1, 0.15) is 5.60 Å². The molecule has 2 saturated heterocycles. The van der Waals surface area contributed by atoms with Gasteiger partial charge in [-0.05, 0) is 33.6 Å². The van der Waals surface area contributed by atoms with E-state index in [1.807, 2.05) is 31.6 Å². The summed E-state index contributed by atoms with van der Waals surface area (Å²) in [5.41, 5.74) is 0.134. The summed E-state index contributed by atoms with van der Waals surface area (Å²) >= 11 is 0. The lowest BCUT2D eigenvalue weighted by Crippen LogP contribution is -2.42. The third kappa shape index (κ3) is 5.69. The molecule has 10 nitrogen and oxygen atoms in total. The Morgan fingerprint density at radius 3 is 2.55 bits per heavy atom. The summed E-state index contributed by atoms with van der Waals surface area (Å²) < 4.78 is 29.8. The number of likely N-dealkylation sites (tertiary alicyclic amines) is 1. The number of rotatable bonds is 4. The van der Waals surface area contributed by atoms with Crippen LogP contribution in [0, 0.1) is 5.92 Å². The number of aromatic nitrogens is 2. The van der Waals surface area contributed by atoms with Crippen LogP contribution in [0.4, 0.5) is 10.5 Å². The molecule has 0 saturated carbocycles. The van der Waals surface area contributed by atoms with E-state index in [0.717, 1.165) is 12.8 Å². The highest BCUT2D eigenvalue weighted by atomic mass is 32.2. The van der Waals surface area contributed by atoms with Crippen LogP contribution in [-0.4, -0.2) is 66.1 Å². The number of amides is 2. The first-order chi connectivity index (χ1) is 13.4. The number of ether oxygens (including phenoxy) is 1. The molecule has 3 rings (SSSR count). The maximum absolute atomic E-state index is 12.3. The maximum Gasteiger partial charge on any atom is 0.410 e. The number of sulfonamides is 1. The number of hydrogen-bond donors (Lipinski definition) is 1. The van der Waals surface area contributed by atoms with Crippen molar-refractivity contribution in [2.24, 2.45) is 11.1 Å². The van der Waals surface area contributed by atoms with Gasteiger partial charge in [0.05, 0.1) is 23.7 Å². The van der Waals surface area contributed by atoms with E-state index in [-0.39, 0.29) is 36.1 Å². The summed E-state index contributed by atoms with van der Waals surface area (Å²) in [5.74, 6) is -0.636. The Kier molecular flexibility index (Phi) is 5.91. The lowest BCUT2D eigenvalue weighted by Gasteiger charge is -2.33. The molecule has 11 heteroatoms. The average Bonchev–Trinajstić information content (AvgIpc) is 3.18. The molecule has 0 aromatic carbocycles. The Morgan fingerprint density at radius 1 is 1.31 bits per heavy atom. The minimum Gasteiger partial charge on any atom is -0.444 e. The molecule has 2 aliphatic rings. The summed E-state index contributed by atoms with van der Waals surface area (Å²) in [4.78, 5) is 27.7. The van der Waals surface area contributed by atoms with E-state index in [1.54, 1.807) is 16.0 Å². The number of primary sulfonamides is 1. The van der Waals surface area contributed by atoms with E-state index in [0.29, 0.717) is 25.3 Å². The lowest BCUT2D eigenvalue weighted by molar-refractivity contribution is -0.117. The van der Waals surface area contributed by atoms with Gasteiger partial charge in [-0.1, -0.05) is 0 Å². The molecule has 2 fully saturated rings. The molecule has 3 heterocycles. The van der Waals surface area contributed by atoms with E-state index in [2.05, 4.69) is 5.10 Å². The molecule has 0 bridgehead atoms. The van der Waals surface area contributed by atoms with Gasteiger partial charge in [0.25, 0.3) is 0 Å². The van der Waals surface area contributed by atoms with Crippen LogP contribution in [0.5, 0.6) is 0 Å². The molecule has 0 spiro atoms. The molecule has 1 atom stereocenters. The molecule has 162 valence electrons. The van der Waals surface area contributed by atoms with Gasteiger partial charge in [0.15, 0.2) is 0 Å². The molecule has 1 aromatic rings. The van der Waals surface area contributed by atoms with Crippen molar-refractivity contribution < 1.29 is 22.7 Å². The Morgan fingerprint density at radius 2 is 1.97 bits per heavy atom. The van der Waals surface area contributed by atoms with Crippen molar-refractivity contribution in [3.8, 4) is 0 Å². The van der Waals surface area contributed by atoms with Crippen LogP contribution >= 0.6 is 0 Å². The minimum atomic E-state index is -3.61. The van der Waals surface area contributed by atoms with E-state index in [4.69, 9.17) is 9.88 Å². The van der Waals surface area contributed by atoms with Gasteiger partial charge in [0.2, 0.25) is 15.9 Å². The summed E-state index contributed by atoms with van der Waals surface area (Å²) in [6, 6.07) is 0.125. The van der Waals surface area contributed by atoms with Crippen molar-refractivity contribution in [1.82, 2.24) is 14.7 Å². The number of nitrogens with two attached hydrogens (primary N) is 1. The van der Waals surface area contributed by atoms with Crippen LogP contribution in [0.15, 0.2) is 12.4 Å². The molecule has 0 radical (unpaired) electrons. The van der Waals surface area contributed by atoms with E-state index in [9.17, 15) is 18.0 Å². The predicted octanol–water partition coefficient (Wildman–Crippen LogP) is 1.10. The molecule has 2 amide bonds. The van der Waals surface area contributed by atoms with E-state index >= 15 is 0 Å². The minimum absolute atomic E-state index is 0.125. The number of nitrogens with zero attached hydrogens (tertiary/aromatic N) is 4. The Labute approximate surface area is 171 Å². The molecule has 0 aliphatic carbocycles. The third-order valence-corrected chi connectivity index (χ3v) is 6.00. The van der Waals surface area contributed by atoms with Crippen molar-refractivity contribution in [3.63, 3.8) is 0 Å². The normalized spacial score (nSPS) is 21.7. The quantitative estimate of drug-likeness (QED) is 0.766. The summed E-state index contributed by atoms with van der Waals surface area (Å²) in [7, 11) is -3.61. The maximum atomic E-state index is 12.3. The van der Waals surface area contributed by atoms with Crippen molar-refractivity contribution >= 4 is 27.7 Å². The van der Waals surface area contributed by atoms with E-state index in [1.165, 1.54) is 0 Å². The van der Waals surface area contributed by atoms with Gasteiger partial charge in [-0.15, -0.1) is 0 Å². The molecule has 2 aliphatic heterocycles. The van der Waals surface area contributed by atoms with Gasteiger partial charge in [-0.2, -0.15) is 5.10 Å². The van der Waals surface area contributed by atoms with Crippen molar-refractivity contribution in [2.45, 2.75) is 51.7 Å². The van der Waals surface area contributed by atoms with Gasteiger partial charge < -0.3 is 14.5 Å². The monoisotopic (exact) mass is 427 g/mol. The number of carbonyl (C=O) groups is 2. The average molecular weight is 428 g/mol. The second-order valence-electron chi connectivity index (χ2n) is 8.78. The largest absolute Gasteiger partial charge is 0.444 e. The molecular formula is C18H29N5O5S. The second-order valence-corrected chi connectivity index (χ2v) is 10.4. The Balaban J connectivity index is 1.57. The summed E-state index contributed by atoms with van der Waals surface area (Å²) in [5, 5.41) is 9.49. The number of piperidine rings is 1. The highest BCUT2D eigenvalue weighted by Gasteiger charge is 2.34. The fourth-order valence-electron chi connectivity index (χ4n) is 3.78. The molecule has 1 unspecified atom stereocenters. The highest BCUT2D eigenvalue weighted by Crippen LogP contribution is 2.29. The Bertz CT molecular complexity index is 867. The summed E-state index contributed by atoms with van der Waals surface area (Å²) in [6.07, 6.45) is 4.77. The third-order valence-electron chi connectivity index (χ3n) is 5.06. The first kappa shape index (κ1) is 21.6. The standard InChI is InChI=1S/C18H29N5O5S/c1-18(2,3)28-17(25)21-6-4-14(5-7-21)23-11-15(9-20-23)22-10-13(8-16(22)24)12-29(19,26)27/h9,11,13-14H,4-8,10,12H2,1-3H3,(H2,19,26,27). The van der Waals surface area contributed by atoms with E-state index < -0.39 is 15.6 Å².